The highest BCUT2D eigenvalue weighted by molar-refractivity contribution is 7.12. The molecule has 0 aliphatic carbocycles. The molecule has 1 amide bonds. The molecule has 1 heterocycles. The van der Waals surface area contributed by atoms with Crippen molar-refractivity contribution < 1.29 is 19.1 Å². The van der Waals surface area contributed by atoms with Crippen molar-refractivity contribution in [2.24, 2.45) is 0 Å². The van der Waals surface area contributed by atoms with Crippen molar-refractivity contribution >= 4 is 23.0 Å². The van der Waals surface area contributed by atoms with Crippen molar-refractivity contribution in [1.82, 2.24) is 10.9 Å². The van der Waals surface area contributed by atoms with E-state index in [2.05, 4.69) is 10.9 Å². The largest absolute Gasteiger partial charge is 0.493 e. The fourth-order valence-electron chi connectivity index (χ4n) is 1.78. The lowest BCUT2D eigenvalue weighted by Gasteiger charge is -2.09. The van der Waals surface area contributed by atoms with Crippen molar-refractivity contribution in [3.63, 3.8) is 0 Å². The van der Waals surface area contributed by atoms with E-state index in [-0.39, 0.29) is 11.7 Å². The van der Waals surface area contributed by atoms with Crippen LogP contribution in [0, 0.1) is 0 Å². The van der Waals surface area contributed by atoms with Gasteiger partial charge in [-0.15, -0.1) is 11.3 Å². The molecule has 7 heteroatoms. The summed E-state index contributed by atoms with van der Waals surface area (Å²) in [6.45, 7) is 0. The molecule has 120 valence electrons. The van der Waals surface area contributed by atoms with Gasteiger partial charge in [0.15, 0.2) is 17.3 Å². The van der Waals surface area contributed by atoms with Gasteiger partial charge in [-0.2, -0.15) is 0 Å². The lowest BCUT2D eigenvalue weighted by Crippen LogP contribution is -2.33. The van der Waals surface area contributed by atoms with Gasteiger partial charge in [0.05, 0.1) is 19.1 Å². The number of benzene rings is 1. The summed E-state index contributed by atoms with van der Waals surface area (Å²) in [5.41, 5.74) is 5.44. The van der Waals surface area contributed by atoms with Crippen LogP contribution in [0.2, 0.25) is 0 Å². The molecule has 2 N–H and O–H groups in total. The normalized spacial score (nSPS) is 10.3. The summed E-state index contributed by atoms with van der Waals surface area (Å²) in [6.07, 6.45) is 2.72. The van der Waals surface area contributed by atoms with E-state index < -0.39 is 0 Å². The maximum absolute atomic E-state index is 12.0. The quantitative estimate of drug-likeness (QED) is 0.462. The van der Waals surface area contributed by atoms with Gasteiger partial charge < -0.3 is 14.9 Å². The highest BCUT2D eigenvalue weighted by Gasteiger charge is 2.10. The van der Waals surface area contributed by atoms with Crippen LogP contribution in [0.5, 0.6) is 11.5 Å². The van der Waals surface area contributed by atoms with Crippen molar-refractivity contribution in [2.75, 3.05) is 14.2 Å². The molecular weight excluding hydrogens is 316 g/mol. The lowest BCUT2D eigenvalue weighted by molar-refractivity contribution is 0.0938. The second kappa shape index (κ2) is 8.00. The van der Waals surface area contributed by atoms with Gasteiger partial charge in [0.25, 0.3) is 5.91 Å². The SMILES string of the molecule is COc1ccc(C(=O)NNC=CC(=O)c2cccs2)cc1OC. The fraction of sp³-hybridized carbons (Fsp3) is 0.125. The molecule has 0 bridgehead atoms. The minimum Gasteiger partial charge on any atom is -0.493 e. The maximum Gasteiger partial charge on any atom is 0.269 e. The second-order valence-corrected chi connectivity index (χ2v) is 5.29. The van der Waals surface area contributed by atoms with E-state index in [1.165, 1.54) is 37.8 Å². The third-order valence-electron chi connectivity index (χ3n) is 2.91. The summed E-state index contributed by atoms with van der Waals surface area (Å²) in [5, 5.41) is 1.83. The number of amides is 1. The Hall–Kier alpha value is -2.80. The van der Waals surface area contributed by atoms with Gasteiger partial charge in [0.2, 0.25) is 0 Å². The van der Waals surface area contributed by atoms with E-state index in [0.717, 1.165) is 0 Å². The zero-order valence-corrected chi connectivity index (χ0v) is 13.5. The van der Waals surface area contributed by atoms with Gasteiger partial charge in [-0.05, 0) is 29.6 Å². The van der Waals surface area contributed by atoms with Gasteiger partial charge in [0.1, 0.15) is 0 Å². The number of hydrogen-bond acceptors (Lipinski definition) is 6. The molecule has 0 unspecified atom stereocenters. The number of allylic oxidation sites excluding steroid dienone is 1. The molecule has 1 aromatic heterocycles. The van der Waals surface area contributed by atoms with Crippen LogP contribution in [0.15, 0.2) is 48.0 Å². The zero-order valence-electron chi connectivity index (χ0n) is 12.7. The fourth-order valence-corrected chi connectivity index (χ4v) is 2.42. The molecule has 0 aliphatic heterocycles. The van der Waals surface area contributed by atoms with Crippen LogP contribution in [0.3, 0.4) is 0 Å². The summed E-state index contributed by atoms with van der Waals surface area (Å²) in [4.78, 5) is 24.3. The van der Waals surface area contributed by atoms with E-state index in [1.807, 2.05) is 5.38 Å². The Kier molecular flexibility index (Phi) is 5.76. The number of carbonyl (C=O) groups excluding carboxylic acids is 2. The number of rotatable bonds is 7. The number of ketones is 1. The number of nitrogens with one attached hydrogen (secondary N) is 2. The average Bonchev–Trinajstić information content (AvgIpc) is 3.12. The van der Waals surface area contributed by atoms with Gasteiger partial charge in [0, 0.05) is 17.8 Å². The zero-order chi connectivity index (χ0) is 16.7. The first-order chi connectivity index (χ1) is 11.2. The van der Waals surface area contributed by atoms with Gasteiger partial charge in [-0.25, -0.2) is 0 Å². The lowest BCUT2D eigenvalue weighted by atomic mass is 10.2. The smallest absolute Gasteiger partial charge is 0.269 e. The molecular formula is C16H16N2O4S. The van der Waals surface area contributed by atoms with Gasteiger partial charge in [-0.3, -0.25) is 15.0 Å². The summed E-state index contributed by atoms with van der Waals surface area (Å²) < 4.78 is 10.3. The Labute approximate surface area is 137 Å². The first kappa shape index (κ1) is 16.6. The number of thiophene rings is 1. The standard InChI is InChI=1S/C16H16N2O4S/c1-21-13-6-5-11(10-14(13)22-2)16(20)18-17-8-7-12(19)15-4-3-9-23-15/h3-10,17H,1-2H3,(H,18,20). The van der Waals surface area contributed by atoms with Crippen molar-refractivity contribution in [3.8, 4) is 11.5 Å². The highest BCUT2D eigenvalue weighted by atomic mass is 32.1. The topological polar surface area (TPSA) is 76.7 Å². The van der Waals surface area contributed by atoms with Gasteiger partial charge >= 0.3 is 0 Å². The van der Waals surface area contributed by atoms with Crippen LogP contribution in [-0.4, -0.2) is 25.9 Å². The van der Waals surface area contributed by atoms with Crippen LogP contribution >= 0.6 is 11.3 Å². The van der Waals surface area contributed by atoms with E-state index in [9.17, 15) is 9.59 Å². The van der Waals surface area contributed by atoms with Crippen LogP contribution in [0.4, 0.5) is 0 Å². The molecule has 0 saturated carbocycles. The number of hydrazine groups is 1. The summed E-state index contributed by atoms with van der Waals surface area (Å²) >= 11 is 1.36. The number of carbonyl (C=O) groups is 2. The van der Waals surface area contributed by atoms with E-state index in [1.54, 1.807) is 30.3 Å². The number of ether oxygens (including phenoxy) is 2. The third-order valence-corrected chi connectivity index (χ3v) is 3.80. The molecule has 6 nitrogen and oxygen atoms in total. The van der Waals surface area contributed by atoms with E-state index in [0.29, 0.717) is 21.9 Å². The summed E-state index contributed by atoms with van der Waals surface area (Å²) in [5.74, 6) is 0.508. The van der Waals surface area contributed by atoms with E-state index >= 15 is 0 Å². The monoisotopic (exact) mass is 332 g/mol. The van der Waals surface area contributed by atoms with Crippen LogP contribution < -0.4 is 20.3 Å². The molecule has 23 heavy (non-hydrogen) atoms. The Bertz CT molecular complexity index is 711. The Morgan fingerprint density at radius 2 is 1.91 bits per heavy atom. The van der Waals surface area contributed by atoms with Crippen LogP contribution in [0.1, 0.15) is 20.0 Å². The maximum atomic E-state index is 12.0. The Balaban J connectivity index is 1.91. The number of methoxy groups -OCH3 is 2. The van der Waals surface area contributed by atoms with Crippen molar-refractivity contribution in [1.29, 1.82) is 0 Å². The third kappa shape index (κ3) is 4.33. The predicted octanol–water partition coefficient (Wildman–Crippen LogP) is 2.40. The molecule has 0 fully saturated rings. The minimum absolute atomic E-state index is 0.132. The molecule has 0 spiro atoms. The molecule has 0 saturated heterocycles. The van der Waals surface area contributed by atoms with Crippen LogP contribution in [0.25, 0.3) is 0 Å². The van der Waals surface area contributed by atoms with Gasteiger partial charge in [-0.1, -0.05) is 6.07 Å². The number of hydrogen-bond donors (Lipinski definition) is 2. The molecule has 2 aromatic rings. The first-order valence-electron chi connectivity index (χ1n) is 6.68. The summed E-state index contributed by atoms with van der Waals surface area (Å²) in [6, 6.07) is 8.36. The van der Waals surface area contributed by atoms with E-state index in [4.69, 9.17) is 9.47 Å². The molecule has 2 rings (SSSR count). The second-order valence-electron chi connectivity index (χ2n) is 4.34. The molecule has 0 radical (unpaired) electrons. The average molecular weight is 332 g/mol. The van der Waals surface area contributed by atoms with Crippen molar-refractivity contribution in [3.05, 3.63) is 58.4 Å². The molecule has 0 atom stereocenters. The highest BCUT2D eigenvalue weighted by Crippen LogP contribution is 2.27. The first-order valence-corrected chi connectivity index (χ1v) is 7.56. The molecule has 1 aromatic carbocycles. The Morgan fingerprint density at radius 3 is 2.57 bits per heavy atom. The Morgan fingerprint density at radius 1 is 1.13 bits per heavy atom. The van der Waals surface area contributed by atoms with Crippen LogP contribution in [-0.2, 0) is 0 Å². The summed E-state index contributed by atoms with van der Waals surface area (Å²) in [7, 11) is 3.02. The minimum atomic E-state index is -0.362. The predicted molar refractivity (Wildman–Crippen MR) is 87.9 cm³/mol. The van der Waals surface area contributed by atoms with Crippen molar-refractivity contribution in [2.45, 2.75) is 0 Å². The molecule has 0 aliphatic rings.